The van der Waals surface area contributed by atoms with Crippen LogP contribution in [0.5, 0.6) is 0 Å². The van der Waals surface area contributed by atoms with E-state index in [9.17, 15) is 4.79 Å². The van der Waals surface area contributed by atoms with E-state index in [0.717, 1.165) is 40.1 Å². The SMILES string of the molecule is CC1=NC(C)(c2cccc(-c3ccc(-c4ccc(C=O)cc4)cc3)n2)C=C1. The third kappa shape index (κ3) is 3.36. The monoisotopic (exact) mass is 352 g/mol. The average Bonchev–Trinajstić information content (AvgIpc) is 3.08. The van der Waals surface area contributed by atoms with Crippen molar-refractivity contribution in [1.82, 2.24) is 4.98 Å². The standard InChI is InChI=1S/C24H20N2O/c1-17-14-15-24(2,26-17)23-5-3-4-22(25-23)21-12-10-20(11-13-21)19-8-6-18(16-27)7-9-19/h3-16H,1-2H3. The van der Waals surface area contributed by atoms with Gasteiger partial charge in [0.15, 0.2) is 0 Å². The van der Waals surface area contributed by atoms with Crippen molar-refractivity contribution < 1.29 is 4.79 Å². The summed E-state index contributed by atoms with van der Waals surface area (Å²) < 4.78 is 0. The Bertz CT molecular complexity index is 1050. The van der Waals surface area contributed by atoms with Crippen LogP contribution in [-0.4, -0.2) is 17.0 Å². The molecule has 4 rings (SSSR count). The van der Waals surface area contributed by atoms with E-state index < -0.39 is 0 Å². The van der Waals surface area contributed by atoms with E-state index >= 15 is 0 Å². The molecule has 0 bridgehead atoms. The summed E-state index contributed by atoms with van der Waals surface area (Å²) >= 11 is 0. The fourth-order valence-corrected chi connectivity index (χ4v) is 3.33. The van der Waals surface area contributed by atoms with E-state index in [4.69, 9.17) is 9.98 Å². The van der Waals surface area contributed by atoms with Gasteiger partial charge in [-0.25, -0.2) is 4.98 Å². The summed E-state index contributed by atoms with van der Waals surface area (Å²) in [7, 11) is 0. The first-order valence-corrected chi connectivity index (χ1v) is 8.97. The Morgan fingerprint density at radius 1 is 0.852 bits per heavy atom. The third-order valence-corrected chi connectivity index (χ3v) is 4.89. The molecule has 1 aromatic heterocycles. The number of pyridine rings is 1. The number of rotatable bonds is 4. The van der Waals surface area contributed by atoms with Crippen molar-refractivity contribution in [2.75, 3.05) is 0 Å². The molecule has 1 aliphatic heterocycles. The smallest absolute Gasteiger partial charge is 0.150 e. The molecule has 0 N–H and O–H groups in total. The number of aldehydes is 1. The number of allylic oxidation sites excluding steroid dienone is 1. The number of aliphatic imine (C=N–C) groups is 1. The van der Waals surface area contributed by atoms with Gasteiger partial charge in [-0.15, -0.1) is 0 Å². The van der Waals surface area contributed by atoms with Crippen molar-refractivity contribution in [3.63, 3.8) is 0 Å². The van der Waals surface area contributed by atoms with Gasteiger partial charge in [-0.2, -0.15) is 0 Å². The van der Waals surface area contributed by atoms with Gasteiger partial charge >= 0.3 is 0 Å². The van der Waals surface area contributed by atoms with Crippen LogP contribution >= 0.6 is 0 Å². The van der Waals surface area contributed by atoms with E-state index in [1.165, 1.54) is 0 Å². The van der Waals surface area contributed by atoms with Gasteiger partial charge in [0.05, 0.1) is 11.4 Å². The lowest BCUT2D eigenvalue weighted by Crippen LogP contribution is -2.16. The van der Waals surface area contributed by atoms with Crippen molar-refractivity contribution in [2.45, 2.75) is 19.4 Å². The molecule has 0 saturated carbocycles. The second kappa shape index (κ2) is 6.76. The van der Waals surface area contributed by atoms with Gasteiger partial charge in [-0.3, -0.25) is 9.79 Å². The molecule has 0 saturated heterocycles. The van der Waals surface area contributed by atoms with Crippen LogP contribution in [0.15, 0.2) is 83.9 Å². The summed E-state index contributed by atoms with van der Waals surface area (Å²) in [6, 6.07) is 22.0. The molecule has 2 heterocycles. The predicted molar refractivity (Wildman–Crippen MR) is 110 cm³/mol. The molecule has 0 radical (unpaired) electrons. The van der Waals surface area contributed by atoms with Crippen molar-refractivity contribution in [2.24, 2.45) is 4.99 Å². The molecule has 2 aromatic carbocycles. The number of hydrogen-bond donors (Lipinski definition) is 0. The van der Waals surface area contributed by atoms with Gasteiger partial charge in [0.25, 0.3) is 0 Å². The van der Waals surface area contributed by atoms with Crippen molar-refractivity contribution >= 4 is 12.0 Å². The van der Waals surface area contributed by atoms with Crippen LogP contribution in [0.3, 0.4) is 0 Å². The molecule has 0 fully saturated rings. The topological polar surface area (TPSA) is 42.3 Å². The van der Waals surface area contributed by atoms with Gasteiger partial charge in [0, 0.05) is 16.8 Å². The molecule has 1 atom stereocenters. The van der Waals surface area contributed by atoms with Gasteiger partial charge in [-0.1, -0.05) is 54.6 Å². The summed E-state index contributed by atoms with van der Waals surface area (Å²) in [6.07, 6.45) is 5.00. The highest BCUT2D eigenvalue weighted by atomic mass is 16.1. The van der Waals surface area contributed by atoms with Gasteiger partial charge in [0.1, 0.15) is 11.8 Å². The quantitative estimate of drug-likeness (QED) is 0.584. The second-order valence-corrected chi connectivity index (χ2v) is 6.96. The summed E-state index contributed by atoms with van der Waals surface area (Å²) in [5.74, 6) is 0. The maximum atomic E-state index is 10.8. The first-order valence-electron chi connectivity index (χ1n) is 8.97. The molecule has 3 nitrogen and oxygen atoms in total. The van der Waals surface area contributed by atoms with E-state index in [1.54, 1.807) is 0 Å². The number of aromatic nitrogens is 1. The van der Waals surface area contributed by atoms with Crippen LogP contribution in [0.4, 0.5) is 0 Å². The minimum absolute atomic E-state index is 0.389. The zero-order valence-corrected chi connectivity index (χ0v) is 15.4. The maximum absolute atomic E-state index is 10.8. The predicted octanol–water partition coefficient (Wildman–Crippen LogP) is 5.47. The Morgan fingerprint density at radius 3 is 2.07 bits per heavy atom. The number of carbonyl (C=O) groups excluding carboxylic acids is 1. The Labute approximate surface area is 159 Å². The lowest BCUT2D eigenvalue weighted by atomic mass is 9.97. The minimum atomic E-state index is -0.389. The molecular formula is C24H20N2O. The first-order chi connectivity index (χ1) is 13.1. The van der Waals surface area contributed by atoms with E-state index in [2.05, 4.69) is 37.3 Å². The fourth-order valence-electron chi connectivity index (χ4n) is 3.33. The van der Waals surface area contributed by atoms with Crippen LogP contribution in [0.2, 0.25) is 0 Å². The van der Waals surface area contributed by atoms with Crippen LogP contribution in [-0.2, 0) is 5.54 Å². The Kier molecular flexibility index (Phi) is 4.28. The van der Waals surface area contributed by atoms with Gasteiger partial charge < -0.3 is 0 Å². The molecule has 0 aliphatic carbocycles. The number of carbonyl (C=O) groups is 1. The second-order valence-electron chi connectivity index (χ2n) is 6.96. The van der Waals surface area contributed by atoms with Gasteiger partial charge in [0.2, 0.25) is 0 Å². The largest absolute Gasteiger partial charge is 0.298 e. The van der Waals surface area contributed by atoms with Crippen LogP contribution in [0.1, 0.15) is 29.9 Å². The lowest BCUT2D eigenvalue weighted by molar-refractivity contribution is 0.112. The molecule has 1 aliphatic rings. The van der Waals surface area contributed by atoms with Crippen LogP contribution < -0.4 is 0 Å². The molecular weight excluding hydrogens is 332 g/mol. The minimum Gasteiger partial charge on any atom is -0.298 e. The first kappa shape index (κ1) is 17.1. The Balaban J connectivity index is 1.63. The molecule has 1 unspecified atom stereocenters. The third-order valence-electron chi connectivity index (χ3n) is 4.89. The average molecular weight is 352 g/mol. The van der Waals surface area contributed by atoms with E-state index in [-0.39, 0.29) is 5.54 Å². The van der Waals surface area contributed by atoms with Gasteiger partial charge in [-0.05, 0) is 49.3 Å². The number of nitrogens with zero attached hydrogens (tertiary/aromatic N) is 2. The Hall–Kier alpha value is -3.33. The summed E-state index contributed by atoms with van der Waals surface area (Å²) in [5.41, 5.74) is 6.46. The Morgan fingerprint density at radius 2 is 1.48 bits per heavy atom. The maximum Gasteiger partial charge on any atom is 0.150 e. The summed E-state index contributed by atoms with van der Waals surface area (Å²) in [5, 5.41) is 0. The van der Waals surface area contributed by atoms with Crippen LogP contribution in [0, 0.1) is 0 Å². The lowest BCUT2D eigenvalue weighted by Gasteiger charge is -2.18. The number of hydrogen-bond acceptors (Lipinski definition) is 3. The zero-order chi connectivity index (χ0) is 18.9. The van der Waals surface area contributed by atoms with Crippen LogP contribution in [0.25, 0.3) is 22.4 Å². The van der Waals surface area contributed by atoms with Crippen molar-refractivity contribution in [3.05, 3.63) is 90.1 Å². The molecule has 3 aromatic rings. The van der Waals surface area contributed by atoms with Crippen molar-refractivity contribution in [1.29, 1.82) is 0 Å². The highest BCUT2D eigenvalue weighted by Gasteiger charge is 2.27. The fraction of sp³-hybridized carbons (Fsp3) is 0.125. The summed E-state index contributed by atoms with van der Waals surface area (Å²) in [6.45, 7) is 4.09. The highest BCUT2D eigenvalue weighted by Crippen LogP contribution is 2.31. The molecule has 0 spiro atoms. The highest BCUT2D eigenvalue weighted by molar-refractivity contribution is 5.95. The van der Waals surface area contributed by atoms with Crippen molar-refractivity contribution in [3.8, 4) is 22.4 Å². The zero-order valence-electron chi connectivity index (χ0n) is 15.4. The normalized spacial score (nSPS) is 18.4. The molecule has 3 heteroatoms. The molecule has 132 valence electrons. The summed E-state index contributed by atoms with van der Waals surface area (Å²) in [4.78, 5) is 20.4. The molecule has 27 heavy (non-hydrogen) atoms. The van der Waals surface area contributed by atoms with E-state index in [1.807, 2.05) is 55.5 Å². The number of benzene rings is 2. The molecule has 0 amide bonds. The van der Waals surface area contributed by atoms with E-state index in [0.29, 0.717) is 5.56 Å².